The van der Waals surface area contributed by atoms with Crippen molar-refractivity contribution in [3.8, 4) is 0 Å². The van der Waals surface area contributed by atoms with Crippen LogP contribution in [0, 0.1) is 6.92 Å². The van der Waals surface area contributed by atoms with Crippen molar-refractivity contribution in [3.05, 3.63) is 35.6 Å². The maximum atomic E-state index is 12.2. The lowest BCUT2D eigenvalue weighted by Crippen LogP contribution is -2.40. The van der Waals surface area contributed by atoms with Crippen LogP contribution in [0.3, 0.4) is 0 Å². The first kappa shape index (κ1) is 15.8. The van der Waals surface area contributed by atoms with E-state index in [4.69, 9.17) is 9.56 Å². The Kier molecular flexibility index (Phi) is 4.03. The number of hydrogen-bond acceptors (Lipinski definition) is 4. The van der Waals surface area contributed by atoms with Crippen LogP contribution in [0.2, 0.25) is 0 Å². The van der Waals surface area contributed by atoms with Crippen LogP contribution < -0.4 is 10.5 Å². The van der Waals surface area contributed by atoms with Gasteiger partial charge >= 0.3 is 6.03 Å². The number of sulfonamides is 1. The third-order valence-corrected chi connectivity index (χ3v) is 5.53. The molecular weight excluding hydrogens is 318 g/mol. The van der Waals surface area contributed by atoms with Gasteiger partial charge in [-0.05, 0) is 19.4 Å². The second-order valence-corrected chi connectivity index (χ2v) is 7.58. The Balaban J connectivity index is 1.66. The predicted octanol–water partition coefficient (Wildman–Crippen LogP) is 1.31. The van der Waals surface area contributed by atoms with Gasteiger partial charge < -0.3 is 14.6 Å². The van der Waals surface area contributed by atoms with Gasteiger partial charge in [0.25, 0.3) is 0 Å². The molecule has 3 rings (SSSR count). The second-order valence-electron chi connectivity index (χ2n) is 5.74. The van der Waals surface area contributed by atoms with Crippen LogP contribution in [-0.4, -0.2) is 37.7 Å². The Hall–Kier alpha value is -2.06. The zero-order valence-corrected chi connectivity index (χ0v) is 13.6. The van der Waals surface area contributed by atoms with Gasteiger partial charge in [-0.3, -0.25) is 0 Å². The molecular formula is C15H19N3O4S. The number of hydrogen-bond donors (Lipinski definition) is 2. The van der Waals surface area contributed by atoms with Crippen LogP contribution in [0.5, 0.6) is 0 Å². The summed E-state index contributed by atoms with van der Waals surface area (Å²) in [7, 11) is -3.60. The third-order valence-electron chi connectivity index (χ3n) is 4.21. The Morgan fingerprint density at radius 3 is 2.87 bits per heavy atom. The number of fused-ring (bicyclic) bond motifs is 1. The first-order valence-corrected chi connectivity index (χ1v) is 8.98. The van der Waals surface area contributed by atoms with E-state index < -0.39 is 15.3 Å². The summed E-state index contributed by atoms with van der Waals surface area (Å²) in [6, 6.07) is 7.34. The minimum atomic E-state index is -3.60. The number of likely N-dealkylation sites (tertiary alicyclic amines) is 1. The zero-order valence-electron chi connectivity index (χ0n) is 12.8. The molecule has 1 unspecified atom stereocenters. The number of aryl methyl sites for hydroxylation is 1. The number of rotatable bonds is 3. The summed E-state index contributed by atoms with van der Waals surface area (Å²) in [5.74, 6) is 0.760. The van der Waals surface area contributed by atoms with Crippen molar-refractivity contribution in [1.29, 1.82) is 0 Å². The molecule has 0 bridgehead atoms. The molecule has 1 saturated heterocycles. The Bertz CT molecular complexity index is 844. The molecule has 1 aromatic carbocycles. The number of nitrogens with two attached hydrogens (primary N) is 1. The van der Waals surface area contributed by atoms with Gasteiger partial charge in [0.05, 0.1) is 5.25 Å². The highest BCUT2D eigenvalue weighted by atomic mass is 32.2. The maximum Gasteiger partial charge on any atom is 0.317 e. The molecule has 1 fully saturated rings. The first-order valence-electron chi connectivity index (χ1n) is 7.37. The molecule has 124 valence electrons. The number of carbonyl (C=O) groups is 1. The Labute approximate surface area is 134 Å². The minimum absolute atomic E-state index is 0.135. The summed E-state index contributed by atoms with van der Waals surface area (Å²) in [5.41, 5.74) is 1.71. The second kappa shape index (κ2) is 5.86. The zero-order chi connectivity index (χ0) is 16.6. The van der Waals surface area contributed by atoms with Gasteiger partial charge in [0.1, 0.15) is 11.3 Å². The van der Waals surface area contributed by atoms with E-state index in [0.29, 0.717) is 19.5 Å². The molecule has 2 amide bonds. The lowest BCUT2D eigenvalue weighted by atomic mass is 10.1. The third kappa shape index (κ3) is 3.18. The van der Waals surface area contributed by atoms with Crippen LogP contribution in [0.15, 0.2) is 28.7 Å². The number of primary sulfonamides is 1. The molecule has 2 aromatic rings. The summed E-state index contributed by atoms with van der Waals surface area (Å²) in [6.07, 6.45) is 0.375. The fourth-order valence-electron chi connectivity index (χ4n) is 2.90. The molecule has 7 nitrogen and oxygen atoms in total. The van der Waals surface area contributed by atoms with Crippen LogP contribution >= 0.6 is 0 Å². The number of carbonyl (C=O) groups excluding carboxylic acids is 1. The van der Waals surface area contributed by atoms with Crippen molar-refractivity contribution in [2.45, 2.75) is 25.1 Å². The van der Waals surface area contributed by atoms with Crippen molar-refractivity contribution >= 4 is 27.0 Å². The van der Waals surface area contributed by atoms with Crippen molar-refractivity contribution in [2.75, 3.05) is 13.1 Å². The molecule has 0 aliphatic carbocycles. The van der Waals surface area contributed by atoms with Crippen molar-refractivity contribution in [2.24, 2.45) is 5.14 Å². The summed E-state index contributed by atoms with van der Waals surface area (Å²) >= 11 is 0. The largest absolute Gasteiger partial charge is 0.461 e. The molecule has 0 spiro atoms. The van der Waals surface area contributed by atoms with E-state index in [9.17, 15) is 13.2 Å². The molecule has 2 heterocycles. The highest BCUT2D eigenvalue weighted by Gasteiger charge is 2.33. The molecule has 1 aliphatic heterocycles. The topological polar surface area (TPSA) is 106 Å². The van der Waals surface area contributed by atoms with Crippen LogP contribution in [0.4, 0.5) is 4.79 Å². The monoisotopic (exact) mass is 337 g/mol. The fourth-order valence-corrected chi connectivity index (χ4v) is 3.72. The highest BCUT2D eigenvalue weighted by molar-refractivity contribution is 7.89. The summed E-state index contributed by atoms with van der Waals surface area (Å²) in [4.78, 5) is 13.7. The van der Waals surface area contributed by atoms with Crippen molar-refractivity contribution < 1.29 is 17.6 Å². The van der Waals surface area contributed by atoms with Crippen molar-refractivity contribution in [3.63, 3.8) is 0 Å². The van der Waals surface area contributed by atoms with Crippen molar-refractivity contribution in [1.82, 2.24) is 10.2 Å². The van der Waals surface area contributed by atoms with E-state index in [1.165, 1.54) is 4.90 Å². The summed E-state index contributed by atoms with van der Waals surface area (Å²) in [5, 5.41) is 8.25. The van der Waals surface area contributed by atoms with Crippen LogP contribution in [-0.2, 0) is 16.6 Å². The summed E-state index contributed by atoms with van der Waals surface area (Å²) in [6.45, 7) is 2.71. The number of benzene rings is 1. The Morgan fingerprint density at radius 1 is 1.43 bits per heavy atom. The van der Waals surface area contributed by atoms with Crippen LogP contribution in [0.1, 0.15) is 17.7 Å². The average molecular weight is 337 g/mol. The molecule has 0 saturated carbocycles. The number of furan rings is 1. The SMILES string of the molecule is Cc1oc2ccccc2c1CNC(=O)N1CCC(S(N)(=O)=O)C1. The van der Waals surface area contributed by atoms with Gasteiger partial charge in [0.15, 0.2) is 0 Å². The number of nitrogens with one attached hydrogen (secondary N) is 1. The number of amides is 2. The van der Waals surface area contributed by atoms with Gasteiger partial charge in [-0.1, -0.05) is 18.2 Å². The van der Waals surface area contributed by atoms with Gasteiger partial charge in [-0.2, -0.15) is 0 Å². The van der Waals surface area contributed by atoms with Gasteiger partial charge in [0, 0.05) is 30.6 Å². The normalized spacial score (nSPS) is 18.5. The standard InChI is InChI=1S/C15H19N3O4S/c1-10-13(12-4-2-3-5-14(12)22-10)8-17-15(19)18-7-6-11(9-18)23(16,20)21/h2-5,11H,6-9H2,1H3,(H,17,19)(H2,16,20,21). The molecule has 0 radical (unpaired) electrons. The van der Waals surface area contributed by atoms with Gasteiger partial charge in [-0.15, -0.1) is 0 Å². The number of para-hydroxylation sites is 1. The van der Waals surface area contributed by atoms with Gasteiger partial charge in [-0.25, -0.2) is 18.4 Å². The highest BCUT2D eigenvalue weighted by Crippen LogP contribution is 2.25. The maximum absolute atomic E-state index is 12.2. The van der Waals surface area contributed by atoms with E-state index in [-0.39, 0.29) is 12.6 Å². The molecule has 3 N–H and O–H groups in total. The van der Waals surface area contributed by atoms with Crippen LogP contribution in [0.25, 0.3) is 11.0 Å². The summed E-state index contributed by atoms with van der Waals surface area (Å²) < 4.78 is 28.3. The lowest BCUT2D eigenvalue weighted by molar-refractivity contribution is 0.208. The Morgan fingerprint density at radius 2 is 2.17 bits per heavy atom. The number of nitrogens with zero attached hydrogens (tertiary/aromatic N) is 1. The minimum Gasteiger partial charge on any atom is -0.461 e. The van der Waals surface area contributed by atoms with E-state index >= 15 is 0 Å². The fraction of sp³-hybridized carbons (Fsp3) is 0.400. The quantitative estimate of drug-likeness (QED) is 0.881. The molecule has 8 heteroatoms. The van der Waals surface area contributed by atoms with E-state index in [0.717, 1.165) is 22.3 Å². The molecule has 1 aliphatic rings. The van der Waals surface area contributed by atoms with Gasteiger partial charge in [0.2, 0.25) is 10.0 Å². The lowest BCUT2D eigenvalue weighted by Gasteiger charge is -2.17. The van der Waals surface area contributed by atoms with E-state index in [1.807, 2.05) is 31.2 Å². The number of urea groups is 1. The molecule has 1 aromatic heterocycles. The average Bonchev–Trinajstić information content (AvgIpc) is 3.09. The van der Waals surface area contributed by atoms with E-state index in [2.05, 4.69) is 5.32 Å². The first-order chi connectivity index (χ1) is 10.9. The predicted molar refractivity (Wildman–Crippen MR) is 86.3 cm³/mol. The molecule has 1 atom stereocenters. The van der Waals surface area contributed by atoms with E-state index in [1.54, 1.807) is 0 Å². The molecule has 23 heavy (non-hydrogen) atoms. The smallest absolute Gasteiger partial charge is 0.317 e.